The van der Waals surface area contributed by atoms with Crippen LogP contribution < -0.4 is 5.32 Å². The molecule has 1 aromatic heterocycles. The van der Waals surface area contributed by atoms with Crippen LogP contribution >= 0.6 is 11.6 Å². The minimum Gasteiger partial charge on any atom is -0.334 e. The van der Waals surface area contributed by atoms with Gasteiger partial charge >= 0.3 is 0 Å². The molecule has 19 heavy (non-hydrogen) atoms. The lowest BCUT2D eigenvalue weighted by Crippen LogP contribution is -2.11. The average molecular weight is 283 g/mol. The number of hydrogen-bond acceptors (Lipinski definition) is 6. The lowest BCUT2D eigenvalue weighted by molar-refractivity contribution is -0.384. The van der Waals surface area contributed by atoms with Crippen LogP contribution in [0.4, 0.5) is 5.69 Å². The first kappa shape index (κ1) is 13.4. The molecule has 2 rings (SSSR count). The number of aromatic nitrogens is 2. The van der Waals surface area contributed by atoms with Crippen molar-refractivity contribution in [3.63, 3.8) is 0 Å². The normalized spacial score (nSPS) is 10.6. The summed E-state index contributed by atoms with van der Waals surface area (Å²) >= 11 is 5.98. The molecule has 0 spiro atoms. The van der Waals surface area contributed by atoms with Crippen molar-refractivity contribution in [2.45, 2.75) is 6.42 Å². The molecule has 0 bridgehead atoms. The topological polar surface area (TPSA) is 94.1 Å². The Bertz CT molecular complexity index is 599. The summed E-state index contributed by atoms with van der Waals surface area (Å²) in [5, 5.41) is 17.9. The first-order chi connectivity index (χ1) is 9.13. The number of halogens is 1. The molecule has 0 atom stereocenters. The van der Waals surface area contributed by atoms with Crippen LogP contribution in [-0.2, 0) is 6.42 Å². The summed E-state index contributed by atoms with van der Waals surface area (Å²) in [7, 11) is 1.81. The van der Waals surface area contributed by atoms with Gasteiger partial charge in [-0.3, -0.25) is 10.1 Å². The van der Waals surface area contributed by atoms with Gasteiger partial charge in [-0.1, -0.05) is 22.8 Å². The Labute approximate surface area is 113 Å². The second-order valence-corrected chi connectivity index (χ2v) is 4.17. The Balaban J connectivity index is 2.41. The molecule has 0 aliphatic heterocycles. The first-order valence-electron chi connectivity index (χ1n) is 5.54. The average Bonchev–Trinajstić information content (AvgIpc) is 2.84. The summed E-state index contributed by atoms with van der Waals surface area (Å²) in [5.41, 5.74) is -0.00584. The van der Waals surface area contributed by atoms with Gasteiger partial charge in [0, 0.05) is 19.0 Å². The Morgan fingerprint density at radius 3 is 3.00 bits per heavy atom. The maximum atomic E-state index is 11.0. The predicted molar refractivity (Wildman–Crippen MR) is 69.0 cm³/mol. The van der Waals surface area contributed by atoms with E-state index in [-0.39, 0.29) is 22.2 Å². The summed E-state index contributed by atoms with van der Waals surface area (Å²) in [6, 6.07) is 4.39. The molecule has 0 aliphatic carbocycles. The van der Waals surface area contributed by atoms with Gasteiger partial charge in [-0.15, -0.1) is 0 Å². The van der Waals surface area contributed by atoms with Gasteiger partial charge in [0.15, 0.2) is 5.82 Å². The van der Waals surface area contributed by atoms with Crippen LogP contribution in [0, 0.1) is 10.1 Å². The molecular formula is C11H11ClN4O3. The van der Waals surface area contributed by atoms with Crippen molar-refractivity contribution in [3.05, 3.63) is 39.2 Å². The summed E-state index contributed by atoms with van der Waals surface area (Å²) in [4.78, 5) is 14.6. The van der Waals surface area contributed by atoms with E-state index < -0.39 is 4.92 Å². The maximum absolute atomic E-state index is 11.0. The van der Waals surface area contributed by atoms with E-state index in [0.717, 1.165) is 0 Å². The smallest absolute Gasteiger partial charge is 0.283 e. The summed E-state index contributed by atoms with van der Waals surface area (Å²) < 4.78 is 5.04. The molecule has 1 N–H and O–H groups in total. The van der Waals surface area contributed by atoms with Crippen LogP contribution in [0.2, 0.25) is 5.02 Å². The molecule has 0 amide bonds. The SMILES string of the molecule is CNCCc1noc(-c2c(Cl)cccc2[N+](=O)[O-])n1. The number of nitrogens with one attached hydrogen (secondary N) is 1. The molecule has 0 radical (unpaired) electrons. The lowest BCUT2D eigenvalue weighted by atomic mass is 10.2. The van der Waals surface area contributed by atoms with E-state index >= 15 is 0 Å². The van der Waals surface area contributed by atoms with E-state index in [1.807, 2.05) is 0 Å². The van der Waals surface area contributed by atoms with Gasteiger partial charge in [0.2, 0.25) is 0 Å². The van der Waals surface area contributed by atoms with E-state index in [2.05, 4.69) is 15.5 Å². The van der Waals surface area contributed by atoms with Gasteiger partial charge in [0.05, 0.1) is 9.95 Å². The molecule has 0 fully saturated rings. The van der Waals surface area contributed by atoms with Gasteiger partial charge in [0.25, 0.3) is 11.6 Å². The van der Waals surface area contributed by atoms with Crippen molar-refractivity contribution in [3.8, 4) is 11.5 Å². The van der Waals surface area contributed by atoms with Crippen LogP contribution in [-0.4, -0.2) is 28.7 Å². The number of nitro groups is 1. The standard InChI is InChI=1S/C11H11ClN4O3/c1-13-6-5-9-14-11(19-15-9)10-7(12)3-2-4-8(10)16(17)18/h2-4,13H,5-6H2,1H3. The fourth-order valence-electron chi connectivity index (χ4n) is 1.57. The van der Waals surface area contributed by atoms with E-state index in [4.69, 9.17) is 16.1 Å². The van der Waals surface area contributed by atoms with Crippen molar-refractivity contribution in [2.75, 3.05) is 13.6 Å². The quantitative estimate of drug-likeness (QED) is 0.666. The second kappa shape index (κ2) is 5.77. The van der Waals surface area contributed by atoms with Gasteiger partial charge < -0.3 is 9.84 Å². The highest BCUT2D eigenvalue weighted by molar-refractivity contribution is 6.33. The Morgan fingerprint density at radius 1 is 1.53 bits per heavy atom. The molecule has 100 valence electrons. The first-order valence-corrected chi connectivity index (χ1v) is 5.91. The fraction of sp³-hybridized carbons (Fsp3) is 0.273. The van der Waals surface area contributed by atoms with E-state index in [1.54, 1.807) is 13.1 Å². The molecule has 0 unspecified atom stereocenters. The maximum Gasteiger partial charge on any atom is 0.283 e. The number of nitrogens with zero attached hydrogens (tertiary/aromatic N) is 3. The van der Waals surface area contributed by atoms with E-state index in [1.165, 1.54) is 12.1 Å². The number of hydrogen-bond donors (Lipinski definition) is 1. The Kier molecular flexibility index (Phi) is 4.08. The minimum atomic E-state index is -0.529. The third-order valence-electron chi connectivity index (χ3n) is 2.47. The van der Waals surface area contributed by atoms with Crippen LogP contribution in [0.15, 0.2) is 22.7 Å². The van der Waals surface area contributed by atoms with Crippen LogP contribution in [0.3, 0.4) is 0 Å². The molecule has 2 aromatic rings. The molecular weight excluding hydrogens is 272 g/mol. The monoisotopic (exact) mass is 282 g/mol. The zero-order valence-corrected chi connectivity index (χ0v) is 10.8. The van der Waals surface area contributed by atoms with Crippen molar-refractivity contribution in [2.24, 2.45) is 0 Å². The van der Waals surface area contributed by atoms with Gasteiger partial charge in [-0.2, -0.15) is 4.98 Å². The van der Waals surface area contributed by atoms with E-state index in [9.17, 15) is 10.1 Å². The molecule has 8 heteroatoms. The molecule has 7 nitrogen and oxygen atoms in total. The zero-order valence-electron chi connectivity index (χ0n) is 10.1. The van der Waals surface area contributed by atoms with Crippen molar-refractivity contribution < 1.29 is 9.45 Å². The van der Waals surface area contributed by atoms with Crippen LogP contribution in [0.25, 0.3) is 11.5 Å². The summed E-state index contributed by atoms with van der Waals surface area (Å²) in [6.45, 7) is 0.684. The highest BCUT2D eigenvalue weighted by atomic mass is 35.5. The molecule has 1 heterocycles. The number of benzene rings is 1. The number of nitro benzene ring substituents is 1. The zero-order chi connectivity index (χ0) is 13.8. The second-order valence-electron chi connectivity index (χ2n) is 3.76. The van der Waals surface area contributed by atoms with Crippen molar-refractivity contribution >= 4 is 17.3 Å². The molecule has 0 saturated heterocycles. The van der Waals surface area contributed by atoms with Gasteiger partial charge in [-0.05, 0) is 13.1 Å². The van der Waals surface area contributed by atoms with Gasteiger partial charge in [-0.25, -0.2) is 0 Å². The molecule has 0 saturated carbocycles. The Morgan fingerprint density at radius 2 is 2.32 bits per heavy atom. The van der Waals surface area contributed by atoms with E-state index in [0.29, 0.717) is 18.8 Å². The largest absolute Gasteiger partial charge is 0.334 e. The molecule has 1 aromatic carbocycles. The van der Waals surface area contributed by atoms with Crippen LogP contribution in [0.5, 0.6) is 0 Å². The highest BCUT2D eigenvalue weighted by Gasteiger charge is 2.23. The van der Waals surface area contributed by atoms with Crippen molar-refractivity contribution in [1.29, 1.82) is 0 Å². The third-order valence-corrected chi connectivity index (χ3v) is 2.78. The summed E-state index contributed by atoms with van der Waals surface area (Å²) in [5.74, 6) is 0.530. The predicted octanol–water partition coefficient (Wildman–Crippen LogP) is 2.06. The van der Waals surface area contributed by atoms with Gasteiger partial charge in [0.1, 0.15) is 5.56 Å². The fourth-order valence-corrected chi connectivity index (χ4v) is 1.82. The highest BCUT2D eigenvalue weighted by Crippen LogP contribution is 2.34. The number of rotatable bonds is 5. The minimum absolute atomic E-state index is 0.0587. The van der Waals surface area contributed by atoms with Crippen LogP contribution in [0.1, 0.15) is 5.82 Å². The Hall–Kier alpha value is -1.99. The lowest BCUT2D eigenvalue weighted by Gasteiger charge is -1.99. The molecule has 0 aliphatic rings. The van der Waals surface area contributed by atoms with Crippen molar-refractivity contribution in [1.82, 2.24) is 15.5 Å². The third kappa shape index (κ3) is 2.88. The summed E-state index contributed by atoms with van der Waals surface area (Å²) in [6.07, 6.45) is 0.568. The number of likely N-dealkylation sites (N-methyl/N-ethyl adjacent to an activating group) is 1.